The van der Waals surface area contributed by atoms with Crippen molar-refractivity contribution in [2.45, 2.75) is 37.0 Å². The van der Waals surface area contributed by atoms with E-state index in [1.54, 1.807) is 13.8 Å². The summed E-state index contributed by atoms with van der Waals surface area (Å²) >= 11 is 1.40. The van der Waals surface area contributed by atoms with Gasteiger partial charge in [-0.3, -0.25) is 9.59 Å². The summed E-state index contributed by atoms with van der Waals surface area (Å²) in [5, 5.41) is 2.35. The predicted molar refractivity (Wildman–Crippen MR) is 97.1 cm³/mol. The number of hydrogen-bond acceptors (Lipinski definition) is 4. The molecule has 1 N–H and O–H groups in total. The Bertz CT molecular complexity index is 686. The molecular weight excluding hydrogens is 322 g/mol. The van der Waals surface area contributed by atoms with Gasteiger partial charge in [0.15, 0.2) is 6.10 Å². The number of anilines is 1. The van der Waals surface area contributed by atoms with Gasteiger partial charge in [0, 0.05) is 10.6 Å². The predicted octanol–water partition coefficient (Wildman–Crippen LogP) is 4.05. The average molecular weight is 343 g/mol. The maximum atomic E-state index is 12.1. The van der Waals surface area contributed by atoms with Crippen molar-refractivity contribution in [3.8, 4) is 0 Å². The number of nitrogens with one attached hydrogen (secondary N) is 1. The number of hydrogen-bond donors (Lipinski definition) is 1. The molecule has 2 rings (SSSR count). The first kappa shape index (κ1) is 18.1. The molecule has 0 radical (unpaired) electrons. The molecule has 0 aromatic heterocycles. The highest BCUT2D eigenvalue weighted by atomic mass is 32.2. The van der Waals surface area contributed by atoms with Gasteiger partial charge < -0.3 is 10.1 Å². The van der Waals surface area contributed by atoms with Gasteiger partial charge in [0.05, 0.1) is 0 Å². The van der Waals surface area contributed by atoms with Crippen LogP contribution < -0.4 is 5.32 Å². The number of aryl methyl sites for hydroxylation is 1. The molecule has 24 heavy (non-hydrogen) atoms. The van der Waals surface area contributed by atoms with Crippen LogP contribution in [-0.2, 0) is 14.3 Å². The van der Waals surface area contributed by atoms with Crippen LogP contribution in [0, 0.1) is 6.92 Å². The van der Waals surface area contributed by atoms with Crippen LogP contribution in [0.1, 0.15) is 19.4 Å². The van der Waals surface area contributed by atoms with Gasteiger partial charge in [-0.15, -0.1) is 11.8 Å². The lowest BCUT2D eigenvalue weighted by Crippen LogP contribution is -2.32. The number of benzene rings is 2. The van der Waals surface area contributed by atoms with E-state index in [1.165, 1.54) is 11.8 Å². The number of rotatable bonds is 6. The van der Waals surface area contributed by atoms with Crippen molar-refractivity contribution in [1.29, 1.82) is 0 Å². The molecule has 2 atom stereocenters. The first-order chi connectivity index (χ1) is 11.5. The lowest BCUT2D eigenvalue weighted by atomic mass is 10.2. The maximum Gasteiger partial charge on any atom is 0.319 e. The Morgan fingerprint density at radius 3 is 2.25 bits per heavy atom. The zero-order valence-corrected chi connectivity index (χ0v) is 14.8. The number of carbonyl (C=O) groups excluding carboxylic acids is 2. The standard InChI is InChI=1S/C19H21NO3S/c1-13-9-11-16(12-10-13)20-18(21)14(2)23-19(22)15(3)24-17-7-5-4-6-8-17/h4-12,14-15H,1-3H3,(H,20,21)/t14-,15-/m1/s1. The first-order valence-electron chi connectivity index (χ1n) is 7.75. The molecule has 2 aromatic carbocycles. The number of ether oxygens (including phenoxy) is 1. The highest BCUT2D eigenvalue weighted by Gasteiger charge is 2.22. The van der Waals surface area contributed by atoms with Gasteiger partial charge in [0.25, 0.3) is 5.91 Å². The molecule has 0 aliphatic carbocycles. The van der Waals surface area contributed by atoms with Crippen LogP contribution >= 0.6 is 11.8 Å². The fourth-order valence-corrected chi connectivity index (χ4v) is 2.83. The smallest absolute Gasteiger partial charge is 0.319 e. The molecule has 1 amide bonds. The summed E-state index contributed by atoms with van der Waals surface area (Å²) in [4.78, 5) is 25.2. The largest absolute Gasteiger partial charge is 0.452 e. The van der Waals surface area contributed by atoms with Gasteiger partial charge in [0.2, 0.25) is 0 Å². The summed E-state index contributed by atoms with van der Waals surface area (Å²) in [7, 11) is 0. The third-order valence-electron chi connectivity index (χ3n) is 3.37. The third kappa shape index (κ3) is 5.42. The van der Waals surface area contributed by atoms with Gasteiger partial charge in [-0.25, -0.2) is 0 Å². The van der Waals surface area contributed by atoms with E-state index in [4.69, 9.17) is 4.74 Å². The first-order valence-corrected chi connectivity index (χ1v) is 8.63. The number of carbonyl (C=O) groups is 2. The summed E-state index contributed by atoms with van der Waals surface area (Å²) in [5.41, 5.74) is 1.79. The maximum absolute atomic E-state index is 12.1. The van der Waals surface area contributed by atoms with Crippen molar-refractivity contribution in [3.05, 3.63) is 60.2 Å². The molecule has 0 aliphatic rings. The second-order valence-electron chi connectivity index (χ2n) is 5.51. The van der Waals surface area contributed by atoms with E-state index < -0.39 is 12.1 Å². The van der Waals surface area contributed by atoms with Crippen LogP contribution in [0.4, 0.5) is 5.69 Å². The van der Waals surface area contributed by atoms with Gasteiger partial charge >= 0.3 is 5.97 Å². The molecule has 0 bridgehead atoms. The number of esters is 1. The summed E-state index contributed by atoms with van der Waals surface area (Å²) in [6, 6.07) is 17.1. The van der Waals surface area contributed by atoms with Gasteiger partial charge in [-0.2, -0.15) is 0 Å². The summed E-state index contributed by atoms with van der Waals surface area (Å²) < 4.78 is 5.27. The summed E-state index contributed by atoms with van der Waals surface area (Å²) in [6.07, 6.45) is -0.849. The van der Waals surface area contributed by atoms with E-state index in [0.29, 0.717) is 5.69 Å². The lowest BCUT2D eigenvalue weighted by molar-refractivity contribution is -0.152. The molecule has 4 nitrogen and oxygen atoms in total. The van der Waals surface area contributed by atoms with E-state index in [9.17, 15) is 9.59 Å². The van der Waals surface area contributed by atoms with E-state index in [0.717, 1.165) is 10.5 Å². The van der Waals surface area contributed by atoms with Crippen LogP contribution in [-0.4, -0.2) is 23.2 Å². The van der Waals surface area contributed by atoms with Crippen molar-refractivity contribution < 1.29 is 14.3 Å². The second kappa shape index (κ2) is 8.55. The van der Waals surface area contributed by atoms with Crippen molar-refractivity contribution in [2.24, 2.45) is 0 Å². The van der Waals surface area contributed by atoms with Crippen LogP contribution in [0.2, 0.25) is 0 Å². The molecule has 0 fully saturated rings. The molecule has 0 saturated heterocycles. The van der Waals surface area contributed by atoms with Gasteiger partial charge in [-0.1, -0.05) is 35.9 Å². The van der Waals surface area contributed by atoms with E-state index in [-0.39, 0.29) is 11.2 Å². The minimum atomic E-state index is -0.849. The van der Waals surface area contributed by atoms with Crippen LogP contribution in [0.15, 0.2) is 59.5 Å². The van der Waals surface area contributed by atoms with Crippen LogP contribution in [0.3, 0.4) is 0 Å². The molecule has 0 unspecified atom stereocenters. The lowest BCUT2D eigenvalue weighted by Gasteiger charge is -2.16. The summed E-state index contributed by atoms with van der Waals surface area (Å²) in [6.45, 7) is 5.31. The Hall–Kier alpha value is -2.27. The average Bonchev–Trinajstić information content (AvgIpc) is 2.57. The quantitative estimate of drug-likeness (QED) is 0.635. The molecule has 0 heterocycles. The van der Waals surface area contributed by atoms with Gasteiger partial charge in [-0.05, 0) is 45.0 Å². The minimum absolute atomic E-state index is 0.343. The topological polar surface area (TPSA) is 55.4 Å². The second-order valence-corrected chi connectivity index (χ2v) is 6.92. The van der Waals surface area contributed by atoms with Crippen molar-refractivity contribution in [2.75, 3.05) is 5.32 Å². The van der Waals surface area contributed by atoms with E-state index in [2.05, 4.69) is 5.32 Å². The number of thioether (sulfide) groups is 1. The Balaban J connectivity index is 1.85. The fourth-order valence-electron chi connectivity index (χ4n) is 1.96. The van der Waals surface area contributed by atoms with E-state index in [1.807, 2.05) is 61.5 Å². The van der Waals surface area contributed by atoms with Crippen molar-refractivity contribution in [1.82, 2.24) is 0 Å². The van der Waals surface area contributed by atoms with Gasteiger partial charge in [0.1, 0.15) is 5.25 Å². The van der Waals surface area contributed by atoms with Crippen LogP contribution in [0.5, 0.6) is 0 Å². The van der Waals surface area contributed by atoms with Crippen molar-refractivity contribution >= 4 is 29.3 Å². The number of amides is 1. The van der Waals surface area contributed by atoms with Crippen LogP contribution in [0.25, 0.3) is 0 Å². The Morgan fingerprint density at radius 2 is 1.62 bits per heavy atom. The molecule has 0 saturated carbocycles. The highest BCUT2D eigenvalue weighted by molar-refractivity contribution is 8.00. The zero-order valence-electron chi connectivity index (χ0n) is 14.0. The normalized spacial score (nSPS) is 13.0. The van der Waals surface area contributed by atoms with E-state index >= 15 is 0 Å². The molecular formula is C19H21NO3S. The third-order valence-corrected chi connectivity index (χ3v) is 4.46. The fraction of sp³-hybridized carbons (Fsp3) is 0.263. The Morgan fingerprint density at radius 1 is 1.00 bits per heavy atom. The molecule has 5 heteroatoms. The van der Waals surface area contributed by atoms with Crippen molar-refractivity contribution in [3.63, 3.8) is 0 Å². The monoisotopic (exact) mass is 343 g/mol. The molecule has 126 valence electrons. The molecule has 0 aliphatic heterocycles. The Labute approximate surface area is 146 Å². The minimum Gasteiger partial charge on any atom is -0.452 e. The summed E-state index contributed by atoms with van der Waals surface area (Å²) in [5.74, 6) is -0.750. The molecule has 2 aromatic rings. The SMILES string of the molecule is Cc1ccc(NC(=O)[C@@H](C)OC(=O)[C@@H](C)Sc2ccccc2)cc1. The molecule has 0 spiro atoms. The zero-order chi connectivity index (χ0) is 17.5. The Kier molecular flexibility index (Phi) is 6.44. The highest BCUT2D eigenvalue weighted by Crippen LogP contribution is 2.23.